The van der Waals surface area contributed by atoms with Crippen molar-refractivity contribution >= 4 is 28.8 Å². The minimum absolute atomic E-state index is 0.218. The van der Waals surface area contributed by atoms with Crippen LogP contribution in [0.3, 0.4) is 0 Å². The van der Waals surface area contributed by atoms with Gasteiger partial charge in [0.25, 0.3) is 0 Å². The molecule has 29 heavy (non-hydrogen) atoms. The van der Waals surface area contributed by atoms with Crippen molar-refractivity contribution in [2.45, 2.75) is 38.8 Å². The lowest BCUT2D eigenvalue weighted by Crippen LogP contribution is -2.46. The van der Waals surface area contributed by atoms with E-state index >= 15 is 0 Å². The SMILES string of the molecule is COc1ccc(NC(=O)C=CC(CC(C)C)NC(=O)[C@@H](N)Cc2cccs2)cc1. The maximum atomic E-state index is 12.5. The number of ether oxygens (including phenoxy) is 1. The third-order valence-corrected chi connectivity index (χ3v) is 5.13. The summed E-state index contributed by atoms with van der Waals surface area (Å²) in [6.45, 7) is 4.13. The van der Waals surface area contributed by atoms with Gasteiger partial charge in [-0.2, -0.15) is 0 Å². The van der Waals surface area contributed by atoms with Crippen molar-refractivity contribution in [1.29, 1.82) is 0 Å². The summed E-state index contributed by atoms with van der Waals surface area (Å²) in [5.41, 5.74) is 6.72. The Kier molecular flexibility index (Phi) is 8.89. The average Bonchev–Trinajstić information content (AvgIpc) is 3.19. The largest absolute Gasteiger partial charge is 0.497 e. The van der Waals surface area contributed by atoms with Crippen LogP contribution in [0.2, 0.25) is 0 Å². The lowest BCUT2D eigenvalue weighted by molar-refractivity contribution is -0.122. The minimum atomic E-state index is -0.621. The molecule has 7 heteroatoms. The lowest BCUT2D eigenvalue weighted by Gasteiger charge is -2.20. The van der Waals surface area contributed by atoms with E-state index in [1.807, 2.05) is 17.5 Å². The van der Waals surface area contributed by atoms with Crippen LogP contribution >= 0.6 is 11.3 Å². The van der Waals surface area contributed by atoms with Gasteiger partial charge in [0.1, 0.15) is 5.75 Å². The third-order valence-electron chi connectivity index (χ3n) is 4.23. The van der Waals surface area contributed by atoms with Crippen molar-refractivity contribution < 1.29 is 14.3 Å². The Labute approximate surface area is 176 Å². The van der Waals surface area contributed by atoms with Crippen LogP contribution in [0.15, 0.2) is 53.9 Å². The number of hydrogen-bond acceptors (Lipinski definition) is 5. The van der Waals surface area contributed by atoms with Crippen molar-refractivity contribution in [3.63, 3.8) is 0 Å². The van der Waals surface area contributed by atoms with Gasteiger partial charge in [-0.1, -0.05) is 26.0 Å². The summed E-state index contributed by atoms with van der Waals surface area (Å²) in [7, 11) is 1.59. The molecule has 2 amide bonds. The molecule has 0 saturated heterocycles. The van der Waals surface area contributed by atoms with Gasteiger partial charge in [-0.05, 0) is 48.1 Å². The van der Waals surface area contributed by atoms with Crippen LogP contribution in [-0.2, 0) is 16.0 Å². The molecular formula is C22H29N3O3S. The number of benzene rings is 1. The molecule has 0 spiro atoms. The standard InChI is InChI=1S/C22H29N3O3S/c1-15(2)13-17(25-22(27)20(23)14-19-5-4-12-29-19)8-11-21(26)24-16-6-9-18(28-3)10-7-16/h4-12,15,17,20H,13-14,23H2,1-3H3,(H,24,26)(H,25,27)/t17?,20-/m0/s1. The van der Waals surface area contributed by atoms with E-state index in [1.165, 1.54) is 6.08 Å². The molecule has 4 N–H and O–H groups in total. The van der Waals surface area contributed by atoms with Crippen LogP contribution < -0.4 is 21.1 Å². The van der Waals surface area contributed by atoms with Crippen molar-refractivity contribution in [3.05, 3.63) is 58.8 Å². The smallest absolute Gasteiger partial charge is 0.248 e. The zero-order valence-corrected chi connectivity index (χ0v) is 17.9. The van der Waals surface area contributed by atoms with Crippen LogP contribution in [0.25, 0.3) is 0 Å². The lowest BCUT2D eigenvalue weighted by atomic mass is 10.0. The number of thiophene rings is 1. The average molecular weight is 416 g/mol. The van der Waals surface area contributed by atoms with Crippen molar-refractivity contribution in [1.82, 2.24) is 5.32 Å². The van der Waals surface area contributed by atoms with Crippen molar-refractivity contribution in [2.75, 3.05) is 12.4 Å². The van der Waals surface area contributed by atoms with Gasteiger partial charge < -0.3 is 21.1 Å². The number of carbonyl (C=O) groups is 2. The Bertz CT molecular complexity index is 801. The number of nitrogens with one attached hydrogen (secondary N) is 2. The van der Waals surface area contributed by atoms with Gasteiger partial charge in [-0.3, -0.25) is 9.59 Å². The van der Waals surface area contributed by atoms with E-state index in [2.05, 4.69) is 24.5 Å². The summed E-state index contributed by atoms with van der Waals surface area (Å²) in [6, 6.07) is 10.1. The molecule has 0 aliphatic heterocycles. The summed E-state index contributed by atoms with van der Waals surface area (Å²) in [5, 5.41) is 7.71. The second-order valence-corrected chi connectivity index (χ2v) is 8.24. The third kappa shape index (κ3) is 8.09. The molecule has 0 aliphatic rings. The van der Waals surface area contributed by atoms with E-state index < -0.39 is 6.04 Å². The number of carbonyl (C=O) groups excluding carboxylic acids is 2. The first kappa shape index (κ1) is 22.6. The van der Waals surface area contributed by atoms with Crippen molar-refractivity contribution in [2.24, 2.45) is 11.7 Å². The molecule has 0 aliphatic carbocycles. The molecule has 0 bridgehead atoms. The summed E-state index contributed by atoms with van der Waals surface area (Å²) < 4.78 is 5.10. The molecule has 1 aromatic carbocycles. The summed E-state index contributed by atoms with van der Waals surface area (Å²) in [5.74, 6) is 0.588. The van der Waals surface area contributed by atoms with E-state index in [0.29, 0.717) is 24.4 Å². The quantitative estimate of drug-likeness (QED) is 0.519. The van der Waals surface area contributed by atoms with E-state index in [1.54, 1.807) is 48.8 Å². The van der Waals surface area contributed by atoms with Gasteiger partial charge in [-0.25, -0.2) is 0 Å². The number of methoxy groups -OCH3 is 1. The fourth-order valence-electron chi connectivity index (χ4n) is 2.78. The number of nitrogens with two attached hydrogens (primary N) is 1. The molecule has 6 nitrogen and oxygen atoms in total. The maximum Gasteiger partial charge on any atom is 0.248 e. The molecule has 1 unspecified atom stereocenters. The predicted molar refractivity (Wildman–Crippen MR) is 118 cm³/mol. The normalized spacial score (nSPS) is 13.3. The zero-order valence-electron chi connectivity index (χ0n) is 17.1. The van der Waals surface area contributed by atoms with E-state index in [4.69, 9.17) is 10.5 Å². The zero-order chi connectivity index (χ0) is 21.2. The summed E-state index contributed by atoms with van der Waals surface area (Å²) in [4.78, 5) is 25.8. The Morgan fingerprint density at radius 2 is 1.93 bits per heavy atom. The van der Waals surface area contributed by atoms with Crippen LogP contribution in [0.5, 0.6) is 5.75 Å². The van der Waals surface area contributed by atoms with Gasteiger partial charge >= 0.3 is 0 Å². The topological polar surface area (TPSA) is 93.5 Å². The van der Waals surface area contributed by atoms with Crippen molar-refractivity contribution in [3.8, 4) is 5.75 Å². The van der Waals surface area contributed by atoms with Gasteiger partial charge in [-0.15, -0.1) is 11.3 Å². The molecule has 1 aromatic heterocycles. The van der Waals surface area contributed by atoms with Gasteiger partial charge in [0, 0.05) is 29.1 Å². The second kappa shape index (κ2) is 11.4. The molecule has 2 aromatic rings. The highest BCUT2D eigenvalue weighted by atomic mass is 32.1. The first-order valence-corrected chi connectivity index (χ1v) is 10.5. The molecule has 0 fully saturated rings. The summed E-state index contributed by atoms with van der Waals surface area (Å²) >= 11 is 1.58. The monoisotopic (exact) mass is 415 g/mol. The highest BCUT2D eigenvalue weighted by Gasteiger charge is 2.18. The highest BCUT2D eigenvalue weighted by Crippen LogP contribution is 2.15. The van der Waals surface area contributed by atoms with E-state index in [9.17, 15) is 9.59 Å². The number of rotatable bonds is 10. The number of anilines is 1. The molecule has 156 valence electrons. The maximum absolute atomic E-state index is 12.5. The number of hydrogen-bond donors (Lipinski definition) is 3. The predicted octanol–water partition coefficient (Wildman–Crippen LogP) is 3.35. The molecular weight excluding hydrogens is 386 g/mol. The fourth-order valence-corrected chi connectivity index (χ4v) is 3.55. The van der Waals surface area contributed by atoms with Crippen LogP contribution in [-0.4, -0.2) is 31.0 Å². The first-order chi connectivity index (χ1) is 13.9. The van der Waals surface area contributed by atoms with Crippen LogP contribution in [0.4, 0.5) is 5.69 Å². The van der Waals surface area contributed by atoms with Gasteiger partial charge in [0.05, 0.1) is 13.2 Å². The fraction of sp³-hybridized carbons (Fsp3) is 0.364. The summed E-state index contributed by atoms with van der Waals surface area (Å²) in [6.07, 6.45) is 4.38. The Balaban J connectivity index is 1.93. The van der Waals surface area contributed by atoms with Crippen LogP contribution in [0.1, 0.15) is 25.1 Å². The Morgan fingerprint density at radius 3 is 2.52 bits per heavy atom. The molecule has 2 atom stereocenters. The number of amides is 2. The van der Waals surface area contributed by atoms with Gasteiger partial charge in [0.2, 0.25) is 11.8 Å². The first-order valence-electron chi connectivity index (χ1n) is 9.59. The minimum Gasteiger partial charge on any atom is -0.497 e. The van der Waals surface area contributed by atoms with Crippen LogP contribution in [0, 0.1) is 5.92 Å². The van der Waals surface area contributed by atoms with E-state index in [0.717, 1.165) is 10.6 Å². The highest BCUT2D eigenvalue weighted by molar-refractivity contribution is 7.09. The Hall–Kier alpha value is -2.64. The molecule has 1 heterocycles. The second-order valence-electron chi connectivity index (χ2n) is 7.21. The molecule has 0 saturated carbocycles. The molecule has 2 rings (SSSR count). The molecule has 0 radical (unpaired) electrons. The van der Waals surface area contributed by atoms with E-state index in [-0.39, 0.29) is 17.9 Å². The van der Waals surface area contributed by atoms with Gasteiger partial charge in [0.15, 0.2) is 0 Å². The Morgan fingerprint density at radius 1 is 1.21 bits per heavy atom.